The number of nitrogens with one attached hydrogen (secondary N) is 1. The zero-order valence-electron chi connectivity index (χ0n) is 15.1. The van der Waals surface area contributed by atoms with Crippen LogP contribution in [0, 0.1) is 18.3 Å². The SMILES string of the molecule is Cc1ccc2c(c1)c(=O)c(C(=O)Nc1sc3c(c1C#N)CCCC3)nn2C. The van der Waals surface area contributed by atoms with Crippen LogP contribution in [-0.4, -0.2) is 15.7 Å². The highest BCUT2D eigenvalue weighted by Gasteiger charge is 2.24. The van der Waals surface area contributed by atoms with E-state index in [0.29, 0.717) is 21.5 Å². The van der Waals surface area contributed by atoms with Crippen molar-refractivity contribution in [1.29, 1.82) is 5.26 Å². The first-order valence-electron chi connectivity index (χ1n) is 8.83. The van der Waals surface area contributed by atoms with E-state index >= 15 is 0 Å². The Balaban J connectivity index is 1.77. The Morgan fingerprint density at radius 1 is 1.33 bits per heavy atom. The minimum Gasteiger partial charge on any atom is -0.311 e. The molecular weight excluding hydrogens is 360 g/mol. The molecule has 4 rings (SSSR count). The molecule has 1 N–H and O–H groups in total. The van der Waals surface area contributed by atoms with Crippen LogP contribution in [-0.2, 0) is 19.9 Å². The molecule has 0 spiro atoms. The summed E-state index contributed by atoms with van der Waals surface area (Å²) in [5.41, 5.74) is 2.62. The maximum atomic E-state index is 12.8. The number of nitriles is 1. The normalized spacial score (nSPS) is 13.2. The molecule has 1 aliphatic rings. The summed E-state index contributed by atoms with van der Waals surface area (Å²) >= 11 is 1.43. The molecule has 1 amide bonds. The van der Waals surface area contributed by atoms with Crippen LogP contribution in [0.5, 0.6) is 0 Å². The number of hydrogen-bond acceptors (Lipinski definition) is 5. The highest BCUT2D eigenvalue weighted by Crippen LogP contribution is 2.37. The average molecular weight is 378 g/mol. The van der Waals surface area contributed by atoms with Crippen molar-refractivity contribution in [3.63, 3.8) is 0 Å². The first kappa shape index (κ1) is 17.4. The van der Waals surface area contributed by atoms with E-state index in [9.17, 15) is 14.9 Å². The summed E-state index contributed by atoms with van der Waals surface area (Å²) in [6.45, 7) is 1.90. The molecule has 27 heavy (non-hydrogen) atoms. The fourth-order valence-electron chi connectivity index (χ4n) is 3.57. The lowest BCUT2D eigenvalue weighted by Crippen LogP contribution is -2.26. The van der Waals surface area contributed by atoms with Crippen molar-refractivity contribution in [3.05, 3.63) is 55.7 Å². The van der Waals surface area contributed by atoms with Gasteiger partial charge in [-0.1, -0.05) is 11.6 Å². The van der Waals surface area contributed by atoms with E-state index in [-0.39, 0.29) is 5.69 Å². The molecule has 7 heteroatoms. The van der Waals surface area contributed by atoms with E-state index in [1.165, 1.54) is 16.0 Å². The smallest absolute Gasteiger partial charge is 0.280 e. The fourth-order valence-corrected chi connectivity index (χ4v) is 4.81. The number of carbonyl (C=O) groups excluding carboxylic acids is 1. The quantitative estimate of drug-likeness (QED) is 0.741. The molecule has 2 aromatic heterocycles. The molecule has 3 aromatic rings. The maximum absolute atomic E-state index is 12.8. The number of aromatic nitrogens is 2. The standard InChI is InChI=1S/C20H18N4O2S/c1-11-7-8-15-13(9-11)18(25)17(23-24(15)2)19(26)22-20-14(10-21)12-5-3-4-6-16(12)27-20/h7-9H,3-6H2,1-2H3,(H,22,26). The van der Waals surface area contributed by atoms with Crippen molar-refractivity contribution in [2.45, 2.75) is 32.6 Å². The molecular formula is C20H18N4O2S. The van der Waals surface area contributed by atoms with E-state index in [2.05, 4.69) is 16.5 Å². The van der Waals surface area contributed by atoms with E-state index in [0.717, 1.165) is 41.7 Å². The van der Waals surface area contributed by atoms with E-state index in [4.69, 9.17) is 0 Å². The van der Waals surface area contributed by atoms with Gasteiger partial charge >= 0.3 is 0 Å². The molecule has 0 saturated heterocycles. The van der Waals surface area contributed by atoms with Crippen LogP contribution in [0.4, 0.5) is 5.00 Å². The Morgan fingerprint density at radius 2 is 2.11 bits per heavy atom. The van der Waals surface area contributed by atoms with E-state index in [1.807, 2.05) is 19.1 Å². The second kappa shape index (κ2) is 6.63. The third-order valence-corrected chi connectivity index (χ3v) is 6.14. The first-order chi connectivity index (χ1) is 13.0. The number of rotatable bonds is 2. The van der Waals surface area contributed by atoms with Gasteiger partial charge in [-0.25, -0.2) is 0 Å². The van der Waals surface area contributed by atoms with Crippen LogP contribution in [0.1, 0.15) is 44.9 Å². The molecule has 0 unspecified atom stereocenters. The van der Waals surface area contributed by atoms with Gasteiger partial charge in [-0.05, 0) is 50.3 Å². The van der Waals surface area contributed by atoms with Crippen LogP contribution >= 0.6 is 11.3 Å². The first-order valence-corrected chi connectivity index (χ1v) is 9.65. The van der Waals surface area contributed by atoms with Gasteiger partial charge in [0.25, 0.3) is 5.91 Å². The molecule has 1 aromatic carbocycles. The average Bonchev–Trinajstić information content (AvgIpc) is 3.01. The number of aryl methyl sites for hydroxylation is 3. The second-order valence-electron chi connectivity index (χ2n) is 6.80. The lowest BCUT2D eigenvalue weighted by Gasteiger charge is -2.09. The minimum absolute atomic E-state index is 0.161. The number of carbonyl (C=O) groups is 1. The summed E-state index contributed by atoms with van der Waals surface area (Å²) in [6.07, 6.45) is 3.94. The van der Waals surface area contributed by atoms with E-state index in [1.54, 1.807) is 13.1 Å². The van der Waals surface area contributed by atoms with Crippen LogP contribution in [0.25, 0.3) is 10.9 Å². The van der Waals surface area contributed by atoms with Crippen molar-refractivity contribution in [1.82, 2.24) is 9.78 Å². The number of amides is 1. The van der Waals surface area contributed by atoms with Crippen molar-refractivity contribution in [2.24, 2.45) is 7.05 Å². The zero-order chi connectivity index (χ0) is 19.1. The van der Waals surface area contributed by atoms with Gasteiger partial charge in [-0.15, -0.1) is 11.3 Å². The van der Waals surface area contributed by atoms with Gasteiger partial charge in [-0.2, -0.15) is 10.4 Å². The summed E-state index contributed by atoms with van der Waals surface area (Å²) in [6, 6.07) is 7.70. The Kier molecular flexibility index (Phi) is 4.28. The maximum Gasteiger partial charge on any atom is 0.280 e. The van der Waals surface area contributed by atoms with Gasteiger partial charge in [0.05, 0.1) is 16.5 Å². The van der Waals surface area contributed by atoms with Gasteiger partial charge in [0.15, 0.2) is 5.69 Å². The molecule has 0 radical (unpaired) electrons. The van der Waals surface area contributed by atoms with Gasteiger partial charge in [0.2, 0.25) is 5.43 Å². The molecule has 136 valence electrons. The summed E-state index contributed by atoms with van der Waals surface area (Å²) in [5, 5.41) is 17.5. The van der Waals surface area contributed by atoms with Crippen molar-refractivity contribution < 1.29 is 4.79 Å². The van der Waals surface area contributed by atoms with Crippen LogP contribution in [0.15, 0.2) is 23.0 Å². The van der Waals surface area contributed by atoms with Crippen LogP contribution < -0.4 is 10.7 Å². The van der Waals surface area contributed by atoms with Gasteiger partial charge in [0.1, 0.15) is 11.1 Å². The van der Waals surface area contributed by atoms with Crippen LogP contribution in [0.3, 0.4) is 0 Å². The topological polar surface area (TPSA) is 87.8 Å². The fraction of sp³-hybridized carbons (Fsp3) is 0.300. The number of thiophene rings is 1. The van der Waals surface area contributed by atoms with Crippen molar-refractivity contribution in [2.75, 3.05) is 5.32 Å². The largest absolute Gasteiger partial charge is 0.311 e. The Morgan fingerprint density at radius 3 is 2.89 bits per heavy atom. The number of anilines is 1. The third-order valence-electron chi connectivity index (χ3n) is 4.94. The number of hydrogen-bond donors (Lipinski definition) is 1. The number of benzene rings is 1. The van der Waals surface area contributed by atoms with Crippen molar-refractivity contribution in [3.8, 4) is 6.07 Å². The van der Waals surface area contributed by atoms with E-state index < -0.39 is 11.3 Å². The molecule has 6 nitrogen and oxygen atoms in total. The minimum atomic E-state index is -0.575. The predicted molar refractivity (Wildman–Crippen MR) is 105 cm³/mol. The third kappa shape index (κ3) is 2.92. The monoisotopic (exact) mass is 378 g/mol. The lowest BCUT2D eigenvalue weighted by molar-refractivity contribution is 0.102. The highest BCUT2D eigenvalue weighted by atomic mass is 32.1. The second-order valence-corrected chi connectivity index (χ2v) is 7.91. The lowest BCUT2D eigenvalue weighted by atomic mass is 9.96. The molecule has 0 saturated carbocycles. The predicted octanol–water partition coefficient (Wildman–Crippen LogP) is 3.31. The zero-order valence-corrected chi connectivity index (χ0v) is 15.9. The van der Waals surface area contributed by atoms with Crippen molar-refractivity contribution >= 4 is 33.1 Å². The summed E-state index contributed by atoms with van der Waals surface area (Å²) in [5.74, 6) is -0.575. The molecule has 1 aliphatic carbocycles. The number of fused-ring (bicyclic) bond motifs is 2. The molecule has 2 heterocycles. The number of nitrogens with zero attached hydrogens (tertiary/aromatic N) is 3. The van der Waals surface area contributed by atoms with Gasteiger partial charge in [-0.3, -0.25) is 14.3 Å². The molecule has 0 aliphatic heterocycles. The molecule has 0 atom stereocenters. The summed E-state index contributed by atoms with van der Waals surface area (Å²) in [7, 11) is 1.71. The Labute approximate surface area is 160 Å². The van der Waals surface area contributed by atoms with Gasteiger partial charge < -0.3 is 5.32 Å². The highest BCUT2D eigenvalue weighted by molar-refractivity contribution is 7.16. The molecule has 0 fully saturated rings. The molecule has 0 bridgehead atoms. The Hall–Kier alpha value is -2.98. The summed E-state index contributed by atoms with van der Waals surface area (Å²) in [4.78, 5) is 26.8. The summed E-state index contributed by atoms with van der Waals surface area (Å²) < 4.78 is 1.54. The Bertz CT molecular complexity index is 1180. The van der Waals surface area contributed by atoms with Crippen LogP contribution in [0.2, 0.25) is 0 Å². The van der Waals surface area contributed by atoms with Gasteiger partial charge in [0, 0.05) is 11.9 Å².